The Balaban J connectivity index is 1.62. The van der Waals surface area contributed by atoms with Crippen LogP contribution in [0.3, 0.4) is 0 Å². The maximum atomic E-state index is 12.5. The van der Waals surface area contributed by atoms with Crippen LogP contribution in [0.15, 0.2) is 48.5 Å². The van der Waals surface area contributed by atoms with Crippen LogP contribution in [0.2, 0.25) is 0 Å². The van der Waals surface area contributed by atoms with Crippen LogP contribution in [0.5, 0.6) is 0 Å². The number of nitrogens with one attached hydrogen (secondary N) is 1. The zero-order valence-corrected chi connectivity index (χ0v) is 14.9. The predicted octanol–water partition coefficient (Wildman–Crippen LogP) is 3.02. The molecule has 0 aliphatic carbocycles. The summed E-state index contributed by atoms with van der Waals surface area (Å²) in [6.45, 7) is 3.25. The van der Waals surface area contributed by atoms with Gasteiger partial charge in [-0.3, -0.25) is 4.79 Å². The first-order chi connectivity index (χ1) is 12.1. The second-order valence-corrected chi connectivity index (χ2v) is 6.69. The van der Waals surface area contributed by atoms with E-state index in [0.717, 1.165) is 30.5 Å². The summed E-state index contributed by atoms with van der Waals surface area (Å²) in [7, 11) is 2.08. The van der Waals surface area contributed by atoms with Crippen molar-refractivity contribution in [2.75, 3.05) is 25.0 Å². The Bertz CT molecular complexity index is 730. The summed E-state index contributed by atoms with van der Waals surface area (Å²) in [4.78, 5) is 14.7. The van der Waals surface area contributed by atoms with Gasteiger partial charge in [-0.15, -0.1) is 0 Å². The fraction of sp³-hybridized carbons (Fsp3) is 0.381. The van der Waals surface area contributed by atoms with E-state index in [1.807, 2.05) is 43.3 Å². The Kier molecular flexibility index (Phi) is 5.39. The number of aliphatic hydroxyl groups excluding tert-OH is 1. The molecule has 0 radical (unpaired) electrons. The lowest BCUT2D eigenvalue weighted by Crippen LogP contribution is -2.32. The van der Waals surface area contributed by atoms with Crippen molar-refractivity contribution >= 4 is 11.6 Å². The number of anilines is 1. The van der Waals surface area contributed by atoms with Crippen LogP contribution in [0, 0.1) is 0 Å². The molecule has 132 valence electrons. The van der Waals surface area contributed by atoms with Crippen molar-refractivity contribution in [2.24, 2.45) is 0 Å². The third kappa shape index (κ3) is 3.85. The van der Waals surface area contributed by atoms with Crippen molar-refractivity contribution < 1.29 is 9.90 Å². The molecule has 4 heteroatoms. The largest absolute Gasteiger partial charge is 0.387 e. The molecule has 0 saturated carbocycles. The van der Waals surface area contributed by atoms with Crippen LogP contribution in [0.25, 0.3) is 0 Å². The first-order valence-electron chi connectivity index (χ1n) is 8.94. The first-order valence-corrected chi connectivity index (χ1v) is 8.94. The molecule has 1 aliphatic rings. The Morgan fingerprint density at radius 1 is 1.20 bits per heavy atom. The number of fused-ring (bicyclic) bond motifs is 1. The molecule has 0 fully saturated rings. The average Bonchev–Trinajstić information content (AvgIpc) is 3.01. The van der Waals surface area contributed by atoms with Crippen molar-refractivity contribution in [3.63, 3.8) is 0 Å². The minimum Gasteiger partial charge on any atom is -0.387 e. The molecular formula is C21H26N2O2. The number of benzene rings is 2. The van der Waals surface area contributed by atoms with E-state index in [2.05, 4.69) is 29.4 Å². The fourth-order valence-corrected chi connectivity index (χ4v) is 3.49. The van der Waals surface area contributed by atoms with Crippen LogP contribution < -0.4 is 10.2 Å². The van der Waals surface area contributed by atoms with Gasteiger partial charge < -0.3 is 15.3 Å². The third-order valence-electron chi connectivity index (χ3n) is 5.01. The molecular weight excluding hydrogens is 312 g/mol. The maximum Gasteiger partial charge on any atom is 0.227 e. The van der Waals surface area contributed by atoms with Crippen LogP contribution in [0.1, 0.15) is 42.1 Å². The molecule has 2 aromatic rings. The Hall–Kier alpha value is -2.33. The average molecular weight is 338 g/mol. The Labute approximate surface area is 149 Å². The maximum absolute atomic E-state index is 12.5. The molecule has 1 heterocycles. The van der Waals surface area contributed by atoms with E-state index in [1.165, 1.54) is 11.3 Å². The van der Waals surface area contributed by atoms with Crippen molar-refractivity contribution in [3.05, 3.63) is 65.2 Å². The van der Waals surface area contributed by atoms with Gasteiger partial charge in [0.25, 0.3) is 0 Å². The summed E-state index contributed by atoms with van der Waals surface area (Å²) >= 11 is 0. The number of aliphatic hydroxyl groups is 1. The second-order valence-electron chi connectivity index (χ2n) is 6.69. The fourth-order valence-electron chi connectivity index (χ4n) is 3.49. The van der Waals surface area contributed by atoms with E-state index in [-0.39, 0.29) is 18.4 Å². The Morgan fingerprint density at radius 2 is 1.96 bits per heavy atom. The summed E-state index contributed by atoms with van der Waals surface area (Å²) < 4.78 is 0. The molecule has 1 amide bonds. The highest BCUT2D eigenvalue weighted by molar-refractivity contribution is 5.83. The normalized spacial score (nSPS) is 15.6. The van der Waals surface area contributed by atoms with E-state index >= 15 is 0 Å². The number of likely N-dealkylation sites (N-methyl/N-ethyl adjacent to an activating group) is 1. The van der Waals surface area contributed by atoms with Crippen molar-refractivity contribution in [2.45, 2.75) is 31.8 Å². The van der Waals surface area contributed by atoms with Gasteiger partial charge in [-0.05, 0) is 35.6 Å². The molecule has 2 N–H and O–H groups in total. The van der Waals surface area contributed by atoms with E-state index in [1.54, 1.807) is 0 Å². The highest BCUT2D eigenvalue weighted by atomic mass is 16.3. The monoisotopic (exact) mass is 338 g/mol. The van der Waals surface area contributed by atoms with Crippen molar-refractivity contribution in [1.29, 1.82) is 0 Å². The lowest BCUT2D eigenvalue weighted by Gasteiger charge is -2.18. The van der Waals surface area contributed by atoms with Crippen LogP contribution in [0.4, 0.5) is 5.69 Å². The van der Waals surface area contributed by atoms with Crippen LogP contribution in [-0.2, 0) is 11.2 Å². The van der Waals surface area contributed by atoms with Gasteiger partial charge in [0.1, 0.15) is 0 Å². The minimum atomic E-state index is -0.687. The zero-order chi connectivity index (χ0) is 17.8. The quantitative estimate of drug-likeness (QED) is 0.851. The summed E-state index contributed by atoms with van der Waals surface area (Å²) in [5.74, 6) is -0.212. The number of amides is 1. The Morgan fingerprint density at radius 3 is 2.68 bits per heavy atom. The molecule has 2 unspecified atom stereocenters. The first kappa shape index (κ1) is 17.5. The lowest BCUT2D eigenvalue weighted by molar-refractivity contribution is -0.123. The second kappa shape index (κ2) is 7.70. The van der Waals surface area contributed by atoms with Gasteiger partial charge in [0.2, 0.25) is 5.91 Å². The van der Waals surface area contributed by atoms with E-state index in [0.29, 0.717) is 0 Å². The minimum absolute atomic E-state index is 0.0337. The van der Waals surface area contributed by atoms with Gasteiger partial charge >= 0.3 is 0 Å². The molecule has 0 aromatic heterocycles. The van der Waals surface area contributed by atoms with Crippen LogP contribution in [-0.4, -0.2) is 31.2 Å². The third-order valence-corrected chi connectivity index (χ3v) is 5.01. The van der Waals surface area contributed by atoms with Gasteiger partial charge in [-0.2, -0.15) is 0 Å². The van der Waals surface area contributed by atoms with E-state index in [4.69, 9.17) is 0 Å². The number of hydrogen-bond donors (Lipinski definition) is 2. The number of nitrogens with zero attached hydrogens (tertiary/aromatic N) is 1. The molecule has 0 bridgehead atoms. The van der Waals surface area contributed by atoms with Gasteiger partial charge in [0.15, 0.2) is 0 Å². The van der Waals surface area contributed by atoms with E-state index in [9.17, 15) is 9.90 Å². The predicted molar refractivity (Wildman–Crippen MR) is 101 cm³/mol. The molecule has 2 aromatic carbocycles. The molecule has 0 saturated heterocycles. The molecule has 3 rings (SSSR count). The summed E-state index contributed by atoms with van der Waals surface area (Å²) in [5, 5.41) is 13.4. The summed E-state index contributed by atoms with van der Waals surface area (Å²) in [6.07, 6.45) is 1.05. The van der Waals surface area contributed by atoms with Crippen LogP contribution >= 0.6 is 0 Å². The van der Waals surface area contributed by atoms with Gasteiger partial charge in [-0.25, -0.2) is 0 Å². The van der Waals surface area contributed by atoms with Gasteiger partial charge in [-0.1, -0.05) is 49.4 Å². The number of rotatable bonds is 6. The van der Waals surface area contributed by atoms with Gasteiger partial charge in [0.05, 0.1) is 12.0 Å². The summed E-state index contributed by atoms with van der Waals surface area (Å²) in [5.41, 5.74) is 4.37. The zero-order valence-electron chi connectivity index (χ0n) is 14.9. The highest BCUT2D eigenvalue weighted by Crippen LogP contribution is 2.29. The molecule has 2 atom stereocenters. The molecule has 1 aliphatic heterocycles. The standard InChI is InChI=1S/C21H26N2O2/c1-3-18(15-7-5-4-6-8-15)21(25)22-14-20(24)17-9-10-19-16(13-17)11-12-23(19)2/h4-10,13,18,20,24H,3,11-12,14H2,1-2H3,(H,22,25). The van der Waals surface area contributed by atoms with Crippen molar-refractivity contribution in [3.8, 4) is 0 Å². The lowest BCUT2D eigenvalue weighted by atomic mass is 9.95. The van der Waals surface area contributed by atoms with Gasteiger partial charge in [0, 0.05) is 25.8 Å². The number of carbonyl (C=O) groups excluding carboxylic acids is 1. The van der Waals surface area contributed by atoms with Crippen molar-refractivity contribution in [1.82, 2.24) is 5.32 Å². The smallest absolute Gasteiger partial charge is 0.227 e. The number of hydrogen-bond acceptors (Lipinski definition) is 3. The topological polar surface area (TPSA) is 52.6 Å². The summed E-state index contributed by atoms with van der Waals surface area (Å²) in [6, 6.07) is 15.9. The molecule has 0 spiro atoms. The SMILES string of the molecule is CCC(C(=O)NCC(O)c1ccc2c(c1)CCN2C)c1ccccc1. The molecule has 4 nitrogen and oxygen atoms in total. The highest BCUT2D eigenvalue weighted by Gasteiger charge is 2.21. The molecule has 25 heavy (non-hydrogen) atoms. The van der Waals surface area contributed by atoms with E-state index < -0.39 is 6.10 Å². The number of carbonyl (C=O) groups is 1.